The van der Waals surface area contributed by atoms with E-state index in [0.29, 0.717) is 22.9 Å². The molecule has 0 saturated carbocycles. The van der Waals surface area contributed by atoms with Crippen molar-refractivity contribution in [1.29, 1.82) is 0 Å². The van der Waals surface area contributed by atoms with Gasteiger partial charge in [-0.05, 0) is 50.2 Å². The number of hydrogen-bond acceptors (Lipinski definition) is 6. The number of carbonyl (C=O) groups is 2. The minimum Gasteiger partial charge on any atom is -0.497 e. The number of nitrogens with zero attached hydrogens (tertiary/aromatic N) is 3. The number of methoxy groups -OCH3 is 1. The number of benzene rings is 1. The van der Waals surface area contributed by atoms with Gasteiger partial charge in [0.05, 0.1) is 20.3 Å². The van der Waals surface area contributed by atoms with Gasteiger partial charge in [-0.15, -0.1) is 0 Å². The van der Waals surface area contributed by atoms with Gasteiger partial charge in [0, 0.05) is 11.8 Å². The van der Waals surface area contributed by atoms with Crippen molar-refractivity contribution < 1.29 is 23.8 Å². The van der Waals surface area contributed by atoms with Crippen LogP contribution in [0.3, 0.4) is 0 Å². The van der Waals surface area contributed by atoms with E-state index in [1.165, 1.54) is 0 Å². The van der Waals surface area contributed by atoms with E-state index in [9.17, 15) is 9.59 Å². The number of ether oxygens (including phenoxy) is 3. The summed E-state index contributed by atoms with van der Waals surface area (Å²) in [5, 5.41) is 1.00. The van der Waals surface area contributed by atoms with Crippen LogP contribution < -0.4 is 15.2 Å². The summed E-state index contributed by atoms with van der Waals surface area (Å²) in [6.07, 6.45) is 0.192. The lowest BCUT2D eigenvalue weighted by Crippen LogP contribution is -2.47. The Morgan fingerprint density at radius 1 is 1.07 bits per heavy atom. The van der Waals surface area contributed by atoms with Crippen molar-refractivity contribution in [3.63, 3.8) is 0 Å². The van der Waals surface area contributed by atoms with E-state index in [1.807, 2.05) is 18.2 Å². The summed E-state index contributed by atoms with van der Waals surface area (Å²) >= 11 is 0. The Hall–Kier alpha value is -3.75. The van der Waals surface area contributed by atoms with Gasteiger partial charge in [0.25, 0.3) is 0 Å². The average molecular weight is 398 g/mol. The molecule has 0 bridgehead atoms. The van der Waals surface area contributed by atoms with E-state index in [4.69, 9.17) is 14.2 Å². The number of aromatic nitrogens is 2. The number of imidazole rings is 1. The van der Waals surface area contributed by atoms with Crippen molar-refractivity contribution in [2.24, 2.45) is 0 Å². The summed E-state index contributed by atoms with van der Waals surface area (Å²) in [6, 6.07) is 12.6. The minimum atomic E-state index is -0.785. The van der Waals surface area contributed by atoms with Crippen LogP contribution in [0.2, 0.25) is 0 Å². The summed E-state index contributed by atoms with van der Waals surface area (Å²) in [5.74, 6) is 1.00. The Bertz CT molecular complexity index is 1000. The second kappa shape index (κ2) is 8.96. The number of nitrogens with one attached hydrogen (secondary N) is 1. The Labute approximate surface area is 167 Å². The first-order chi connectivity index (χ1) is 14.1. The molecule has 9 heteroatoms. The standard InChI is InChI=1S/C20H22N4O5/c1-4-28-19(25)22-24(20(26)29-5-2)18-17(14-9-11-15(27-3)12-10-14)21-16-8-6-7-13-23(16)18/h6-13H,4-5H2,1-3H3,(H,22,25). The minimum absolute atomic E-state index is 0.133. The highest BCUT2D eigenvalue weighted by Crippen LogP contribution is 2.32. The van der Waals surface area contributed by atoms with Gasteiger partial charge in [-0.25, -0.2) is 20.0 Å². The number of amides is 2. The van der Waals surface area contributed by atoms with Crippen molar-refractivity contribution in [2.75, 3.05) is 25.3 Å². The summed E-state index contributed by atoms with van der Waals surface area (Å²) in [6.45, 7) is 3.64. The van der Waals surface area contributed by atoms with Crippen LogP contribution in [0, 0.1) is 0 Å². The maximum absolute atomic E-state index is 12.7. The molecule has 0 aliphatic heterocycles. The monoisotopic (exact) mass is 398 g/mol. The highest BCUT2D eigenvalue weighted by molar-refractivity contribution is 5.94. The fraction of sp³-hybridized carbons (Fsp3) is 0.250. The molecule has 0 unspecified atom stereocenters. The van der Waals surface area contributed by atoms with Crippen molar-refractivity contribution >= 4 is 23.7 Å². The van der Waals surface area contributed by atoms with Gasteiger partial charge >= 0.3 is 12.2 Å². The molecule has 152 valence electrons. The third-order valence-electron chi connectivity index (χ3n) is 4.01. The molecular formula is C20H22N4O5. The van der Waals surface area contributed by atoms with Gasteiger partial charge < -0.3 is 14.2 Å². The SMILES string of the molecule is CCOC(=O)NN(C(=O)OCC)c1c(-c2ccc(OC)cc2)nc2ccccn12. The summed E-state index contributed by atoms with van der Waals surface area (Å²) in [5.41, 5.74) is 4.23. The summed E-state index contributed by atoms with van der Waals surface area (Å²) < 4.78 is 17.0. The maximum atomic E-state index is 12.7. The molecule has 3 aromatic rings. The summed E-state index contributed by atoms with van der Waals surface area (Å²) in [7, 11) is 1.58. The van der Waals surface area contributed by atoms with Gasteiger partial charge in [-0.1, -0.05) is 6.07 Å². The van der Waals surface area contributed by atoms with Crippen molar-refractivity contribution in [2.45, 2.75) is 13.8 Å². The largest absolute Gasteiger partial charge is 0.497 e. The zero-order chi connectivity index (χ0) is 20.8. The third kappa shape index (κ3) is 4.23. The predicted molar refractivity (Wildman–Crippen MR) is 107 cm³/mol. The van der Waals surface area contributed by atoms with Crippen molar-refractivity contribution in [1.82, 2.24) is 14.8 Å². The third-order valence-corrected chi connectivity index (χ3v) is 4.01. The molecule has 0 aliphatic rings. The highest BCUT2D eigenvalue weighted by atomic mass is 16.6. The van der Waals surface area contributed by atoms with Gasteiger partial charge in [0.2, 0.25) is 0 Å². The molecule has 0 atom stereocenters. The van der Waals surface area contributed by atoms with Gasteiger partial charge in [0.1, 0.15) is 17.1 Å². The van der Waals surface area contributed by atoms with Crippen LogP contribution in [0.5, 0.6) is 5.75 Å². The van der Waals surface area contributed by atoms with Crippen LogP contribution >= 0.6 is 0 Å². The molecule has 2 heterocycles. The first-order valence-corrected chi connectivity index (χ1v) is 9.10. The fourth-order valence-corrected chi connectivity index (χ4v) is 2.77. The summed E-state index contributed by atoms with van der Waals surface area (Å²) in [4.78, 5) is 29.4. The molecule has 2 amide bonds. The number of rotatable bonds is 5. The molecule has 0 radical (unpaired) electrons. The molecule has 0 fully saturated rings. The molecule has 1 N–H and O–H groups in total. The predicted octanol–water partition coefficient (Wildman–Crippen LogP) is 3.63. The van der Waals surface area contributed by atoms with Crippen LogP contribution in [0.25, 0.3) is 16.9 Å². The van der Waals surface area contributed by atoms with Crippen LogP contribution in [0.1, 0.15) is 13.8 Å². The number of anilines is 1. The van der Waals surface area contributed by atoms with Gasteiger partial charge in [0.15, 0.2) is 5.82 Å². The molecule has 1 aromatic carbocycles. The zero-order valence-electron chi connectivity index (χ0n) is 16.4. The van der Waals surface area contributed by atoms with Crippen LogP contribution in [-0.4, -0.2) is 41.9 Å². The van der Waals surface area contributed by atoms with Gasteiger partial charge in [-0.3, -0.25) is 4.40 Å². The molecule has 2 aromatic heterocycles. The van der Waals surface area contributed by atoms with Crippen LogP contribution in [0.4, 0.5) is 15.4 Å². The Morgan fingerprint density at radius 3 is 2.45 bits per heavy atom. The second-order valence-corrected chi connectivity index (χ2v) is 5.81. The van der Waals surface area contributed by atoms with E-state index in [2.05, 4.69) is 10.4 Å². The van der Waals surface area contributed by atoms with Crippen LogP contribution in [-0.2, 0) is 9.47 Å². The Morgan fingerprint density at radius 2 is 1.79 bits per heavy atom. The van der Waals surface area contributed by atoms with Crippen molar-refractivity contribution in [3.05, 3.63) is 48.7 Å². The smallest absolute Gasteiger partial charge is 0.435 e. The van der Waals surface area contributed by atoms with E-state index in [-0.39, 0.29) is 13.2 Å². The average Bonchev–Trinajstić information content (AvgIpc) is 3.11. The zero-order valence-corrected chi connectivity index (χ0v) is 16.4. The lowest BCUT2D eigenvalue weighted by Gasteiger charge is -2.22. The normalized spacial score (nSPS) is 10.4. The van der Waals surface area contributed by atoms with Crippen LogP contribution in [0.15, 0.2) is 48.7 Å². The molecule has 0 saturated heterocycles. The molecule has 0 spiro atoms. The fourth-order valence-electron chi connectivity index (χ4n) is 2.77. The van der Waals surface area contributed by atoms with E-state index < -0.39 is 12.2 Å². The second-order valence-electron chi connectivity index (χ2n) is 5.81. The number of fused-ring (bicyclic) bond motifs is 1. The first kappa shape index (κ1) is 20.0. The number of pyridine rings is 1. The maximum Gasteiger partial charge on any atom is 0.435 e. The topological polar surface area (TPSA) is 94.4 Å². The Balaban J connectivity index is 2.16. The first-order valence-electron chi connectivity index (χ1n) is 9.10. The molecule has 0 aliphatic carbocycles. The number of hydrogen-bond donors (Lipinski definition) is 1. The lowest BCUT2D eigenvalue weighted by molar-refractivity contribution is 0.138. The van der Waals surface area contributed by atoms with Crippen molar-refractivity contribution in [3.8, 4) is 17.0 Å². The van der Waals surface area contributed by atoms with E-state index >= 15 is 0 Å². The number of hydrazine groups is 1. The molecular weight excluding hydrogens is 376 g/mol. The van der Waals surface area contributed by atoms with Gasteiger partial charge in [-0.2, -0.15) is 5.01 Å². The number of carbonyl (C=O) groups excluding carboxylic acids is 2. The molecule has 29 heavy (non-hydrogen) atoms. The van der Waals surface area contributed by atoms with E-state index in [0.717, 1.165) is 10.6 Å². The quantitative estimate of drug-likeness (QED) is 0.660. The molecule has 9 nitrogen and oxygen atoms in total. The molecule has 3 rings (SSSR count). The lowest BCUT2D eigenvalue weighted by atomic mass is 10.1. The van der Waals surface area contributed by atoms with E-state index in [1.54, 1.807) is 55.8 Å². The highest BCUT2D eigenvalue weighted by Gasteiger charge is 2.28. The Kier molecular flexibility index (Phi) is 6.18.